The van der Waals surface area contributed by atoms with Crippen molar-refractivity contribution in [2.45, 2.75) is 32.1 Å². The number of fused-ring (bicyclic) bond motifs is 3. The average molecular weight is 1030 g/mol. The van der Waals surface area contributed by atoms with E-state index in [1.807, 2.05) is 0 Å². The summed E-state index contributed by atoms with van der Waals surface area (Å²) >= 11 is 0. The number of rotatable bonds is 17. The fourth-order valence-corrected chi connectivity index (χ4v) is 11.6. The van der Waals surface area contributed by atoms with Gasteiger partial charge in [-0.25, -0.2) is 0 Å². The molecule has 0 N–H and O–H groups in total. The Hall–Kier alpha value is -9.96. The summed E-state index contributed by atoms with van der Waals surface area (Å²) in [7, 11) is 0. The van der Waals surface area contributed by atoms with Gasteiger partial charge in [0.15, 0.2) is 0 Å². The second-order valence-corrected chi connectivity index (χ2v) is 20.4. The van der Waals surface area contributed by atoms with Gasteiger partial charge < -0.3 is 14.7 Å². The van der Waals surface area contributed by atoms with Gasteiger partial charge in [-0.3, -0.25) is 0 Å². The lowest BCUT2D eigenvalue weighted by Crippen LogP contribution is -2.23. The van der Waals surface area contributed by atoms with E-state index < -0.39 is 0 Å². The fraction of sp³-hybridized carbons (Fsp3) is 0.0649. The minimum Gasteiger partial charge on any atom is -0.311 e. The van der Waals surface area contributed by atoms with Crippen LogP contribution in [0.3, 0.4) is 0 Å². The molecule has 0 atom stereocenters. The predicted octanol–water partition coefficient (Wildman–Crippen LogP) is 21.7. The molecule has 386 valence electrons. The van der Waals surface area contributed by atoms with E-state index in [-0.39, 0.29) is 5.41 Å². The monoisotopic (exact) mass is 1030 g/mol. The molecule has 0 saturated heterocycles. The number of nitrogens with zero attached hydrogens (tertiary/aromatic N) is 3. The Balaban J connectivity index is 0.887. The summed E-state index contributed by atoms with van der Waals surface area (Å²) in [4.78, 5) is 6.92. The molecule has 80 heavy (non-hydrogen) atoms. The van der Waals surface area contributed by atoms with Crippen LogP contribution in [0.4, 0.5) is 51.2 Å². The van der Waals surface area contributed by atoms with Gasteiger partial charge >= 0.3 is 0 Å². The summed E-state index contributed by atoms with van der Waals surface area (Å²) in [6.07, 6.45) is 15.7. The first-order chi connectivity index (χ1) is 39.5. The molecule has 0 saturated carbocycles. The highest BCUT2D eigenvalue weighted by Gasteiger charge is 2.41. The minimum atomic E-state index is -0.166. The van der Waals surface area contributed by atoms with Gasteiger partial charge in [-0.1, -0.05) is 220 Å². The van der Waals surface area contributed by atoms with Crippen LogP contribution in [0.2, 0.25) is 0 Å². The third-order valence-electron chi connectivity index (χ3n) is 15.7. The number of hydrogen-bond acceptors (Lipinski definition) is 3. The van der Waals surface area contributed by atoms with Crippen molar-refractivity contribution in [3.05, 3.63) is 330 Å². The molecule has 12 rings (SSSR count). The van der Waals surface area contributed by atoms with Crippen molar-refractivity contribution >= 4 is 87.6 Å². The summed E-state index contributed by atoms with van der Waals surface area (Å²) in [6, 6.07) is 102. The molecule has 0 aromatic heterocycles. The first-order valence-corrected chi connectivity index (χ1v) is 27.9. The maximum atomic E-state index is 2.47. The molecular weight excluding hydrogens is 967 g/mol. The molecule has 0 aliphatic heterocycles. The molecule has 0 radical (unpaired) electrons. The van der Waals surface area contributed by atoms with E-state index in [0.29, 0.717) is 0 Å². The highest BCUT2D eigenvalue weighted by atomic mass is 15.2. The Bertz CT molecular complexity index is 3790. The van der Waals surface area contributed by atoms with E-state index >= 15 is 0 Å². The van der Waals surface area contributed by atoms with Crippen LogP contribution < -0.4 is 14.7 Å². The summed E-state index contributed by atoms with van der Waals surface area (Å²) in [6.45, 7) is 4.73. The second-order valence-electron chi connectivity index (χ2n) is 20.4. The summed E-state index contributed by atoms with van der Waals surface area (Å²) in [5, 5.41) is 0. The van der Waals surface area contributed by atoms with Crippen molar-refractivity contribution in [2.24, 2.45) is 0 Å². The fourth-order valence-electron chi connectivity index (χ4n) is 11.6. The third-order valence-corrected chi connectivity index (χ3v) is 15.7. The number of para-hydroxylation sites is 6. The number of benzene rings is 11. The molecule has 0 bridgehead atoms. The quantitative estimate of drug-likeness (QED) is 0.0842. The van der Waals surface area contributed by atoms with Crippen LogP contribution in [0.25, 0.3) is 47.6 Å². The van der Waals surface area contributed by atoms with Crippen molar-refractivity contribution in [3.8, 4) is 11.1 Å². The number of hydrogen-bond donors (Lipinski definition) is 0. The molecule has 11 aromatic rings. The second kappa shape index (κ2) is 23.3. The summed E-state index contributed by atoms with van der Waals surface area (Å²) in [5.41, 5.74) is 22.4. The lowest BCUT2D eigenvalue weighted by atomic mass is 9.73. The van der Waals surface area contributed by atoms with Crippen LogP contribution in [0.15, 0.2) is 285 Å². The Morgan fingerprint density at radius 3 is 0.875 bits per heavy atom. The molecule has 0 spiro atoms. The van der Waals surface area contributed by atoms with E-state index in [9.17, 15) is 0 Å². The van der Waals surface area contributed by atoms with Crippen molar-refractivity contribution in [3.63, 3.8) is 0 Å². The Labute approximate surface area is 472 Å². The Morgan fingerprint density at radius 1 is 0.263 bits per heavy atom. The SMILES string of the molecule is CCC1(CC)c2cc(C=Cc3ccc(N(c4ccccc4)c4ccccc4)cc3)ccc2-c2c(C=Cc3ccc(N(c4ccccc4)c4ccccc4)cc3)cc(C=Cc3ccc(N(c4ccccc4)c4ccccc4)cc3)cc21. The van der Waals surface area contributed by atoms with E-state index in [2.05, 4.69) is 350 Å². The van der Waals surface area contributed by atoms with E-state index in [0.717, 1.165) is 80.7 Å². The third kappa shape index (κ3) is 10.6. The first kappa shape index (κ1) is 50.8. The normalized spacial score (nSPS) is 12.4. The standard InChI is InChI=1S/C77H63N3/c1-3-77(4-2)74-56-61(37-35-58-40-48-70(49-41-58)78(64-23-11-5-12-24-64)65-25-13-6-14-26-65)46-54-73(74)76-63(47-39-60-44-52-72(53-45-60)80(68-31-19-9-20-32-68)69-33-21-10-22-34-69)55-62(57-75(76)77)38-36-59-42-50-71(51-43-59)79(66-27-15-7-16-28-66)67-29-17-8-18-30-67/h5-57H,3-4H2,1-2H3. The van der Waals surface area contributed by atoms with Crippen molar-refractivity contribution < 1.29 is 0 Å². The molecule has 3 nitrogen and oxygen atoms in total. The van der Waals surface area contributed by atoms with E-state index in [1.165, 1.54) is 38.9 Å². The smallest absolute Gasteiger partial charge is 0.0462 e. The van der Waals surface area contributed by atoms with Crippen LogP contribution >= 0.6 is 0 Å². The van der Waals surface area contributed by atoms with Crippen molar-refractivity contribution in [1.82, 2.24) is 0 Å². The van der Waals surface area contributed by atoms with Gasteiger partial charge in [0, 0.05) is 56.6 Å². The molecule has 1 aliphatic carbocycles. The summed E-state index contributed by atoms with van der Waals surface area (Å²) in [5.74, 6) is 0. The van der Waals surface area contributed by atoms with Crippen LogP contribution in [-0.2, 0) is 5.41 Å². The molecular formula is C77H63N3. The Kier molecular flexibility index (Phi) is 14.8. The molecule has 0 unspecified atom stereocenters. The lowest BCUT2D eigenvalue weighted by molar-refractivity contribution is 0.490. The maximum absolute atomic E-state index is 2.47. The van der Waals surface area contributed by atoms with Gasteiger partial charge in [-0.15, -0.1) is 0 Å². The van der Waals surface area contributed by atoms with E-state index in [4.69, 9.17) is 0 Å². The van der Waals surface area contributed by atoms with Crippen LogP contribution in [0.1, 0.15) is 71.2 Å². The van der Waals surface area contributed by atoms with Crippen molar-refractivity contribution in [2.75, 3.05) is 14.7 Å². The zero-order chi connectivity index (χ0) is 54.1. The molecule has 1 aliphatic rings. The van der Waals surface area contributed by atoms with Gasteiger partial charge in [0.05, 0.1) is 0 Å². The number of anilines is 9. The molecule has 11 aromatic carbocycles. The first-order valence-electron chi connectivity index (χ1n) is 27.9. The van der Waals surface area contributed by atoms with E-state index in [1.54, 1.807) is 0 Å². The molecule has 0 fully saturated rings. The largest absolute Gasteiger partial charge is 0.311 e. The van der Waals surface area contributed by atoms with Gasteiger partial charge in [0.2, 0.25) is 0 Å². The zero-order valence-corrected chi connectivity index (χ0v) is 45.4. The van der Waals surface area contributed by atoms with Gasteiger partial charge in [-0.05, 0) is 184 Å². The summed E-state index contributed by atoms with van der Waals surface area (Å²) < 4.78 is 0. The lowest BCUT2D eigenvalue weighted by Gasteiger charge is -2.30. The molecule has 0 amide bonds. The highest BCUT2D eigenvalue weighted by molar-refractivity contribution is 5.93. The average Bonchev–Trinajstić information content (AvgIpc) is 3.96. The van der Waals surface area contributed by atoms with Crippen LogP contribution in [0.5, 0.6) is 0 Å². The maximum Gasteiger partial charge on any atom is 0.0462 e. The highest BCUT2D eigenvalue weighted by Crippen LogP contribution is 2.55. The van der Waals surface area contributed by atoms with Crippen LogP contribution in [0, 0.1) is 0 Å². The molecule has 3 heteroatoms. The van der Waals surface area contributed by atoms with Gasteiger partial charge in [0.1, 0.15) is 0 Å². The topological polar surface area (TPSA) is 9.72 Å². The van der Waals surface area contributed by atoms with Crippen LogP contribution in [-0.4, -0.2) is 0 Å². The Morgan fingerprint density at radius 2 is 0.537 bits per heavy atom. The zero-order valence-electron chi connectivity index (χ0n) is 45.4. The van der Waals surface area contributed by atoms with Crippen molar-refractivity contribution in [1.29, 1.82) is 0 Å². The predicted molar refractivity (Wildman–Crippen MR) is 343 cm³/mol. The minimum absolute atomic E-state index is 0.166. The van der Waals surface area contributed by atoms with Gasteiger partial charge in [-0.2, -0.15) is 0 Å². The van der Waals surface area contributed by atoms with Gasteiger partial charge in [0.25, 0.3) is 0 Å². The molecule has 0 heterocycles.